The van der Waals surface area contributed by atoms with Crippen LogP contribution in [0.4, 0.5) is 5.69 Å². The van der Waals surface area contributed by atoms with Crippen LogP contribution in [-0.4, -0.2) is 40.0 Å². The van der Waals surface area contributed by atoms with Crippen molar-refractivity contribution in [2.75, 3.05) is 18.4 Å². The molecule has 2 unspecified atom stereocenters. The number of fused-ring (bicyclic) bond motifs is 1. The molecule has 1 aromatic carbocycles. The number of aromatic amines is 1. The lowest BCUT2D eigenvalue weighted by Gasteiger charge is -2.33. The smallest absolute Gasteiger partial charge is 0.0924 e. The third-order valence-corrected chi connectivity index (χ3v) is 4.90. The van der Waals surface area contributed by atoms with Gasteiger partial charge in [0.15, 0.2) is 0 Å². The summed E-state index contributed by atoms with van der Waals surface area (Å²) in [6, 6.07) is 10.0. The molecular weight excluding hydrogens is 260 g/mol. The summed E-state index contributed by atoms with van der Waals surface area (Å²) >= 11 is 0. The molecule has 21 heavy (non-hydrogen) atoms. The van der Waals surface area contributed by atoms with Gasteiger partial charge >= 0.3 is 0 Å². The standard InChI is InChI=1S/C17H22N4/c1-2-9-21-10-8-15(17(21)3-1)20-14-6-4-13(5-7-14)16-11-18-12-19-16/h4-7,11-12,15,17,20H,1-3,8-10H2,(H,18,19). The molecule has 2 aromatic rings. The van der Waals surface area contributed by atoms with E-state index in [9.17, 15) is 0 Å². The van der Waals surface area contributed by atoms with Gasteiger partial charge < -0.3 is 10.3 Å². The number of rotatable bonds is 3. The molecule has 4 heteroatoms. The lowest BCUT2D eigenvalue weighted by molar-refractivity contribution is 0.193. The molecule has 0 spiro atoms. The summed E-state index contributed by atoms with van der Waals surface area (Å²) in [6.07, 6.45) is 8.97. The zero-order valence-electron chi connectivity index (χ0n) is 12.3. The molecule has 2 aliphatic heterocycles. The van der Waals surface area contributed by atoms with E-state index in [1.165, 1.54) is 50.0 Å². The lowest BCUT2D eigenvalue weighted by atomic mass is 9.99. The Morgan fingerprint density at radius 2 is 2.00 bits per heavy atom. The van der Waals surface area contributed by atoms with Gasteiger partial charge in [0.1, 0.15) is 0 Å². The summed E-state index contributed by atoms with van der Waals surface area (Å²) in [5, 5.41) is 3.75. The van der Waals surface area contributed by atoms with E-state index in [0.29, 0.717) is 6.04 Å². The number of H-pyrrole nitrogens is 1. The summed E-state index contributed by atoms with van der Waals surface area (Å²) in [5.41, 5.74) is 3.49. The minimum absolute atomic E-state index is 0.614. The SMILES string of the molecule is c1ncc(-c2ccc(NC3CCN4CCCCC34)cc2)[nH]1. The Balaban J connectivity index is 1.45. The van der Waals surface area contributed by atoms with Crippen LogP contribution in [-0.2, 0) is 0 Å². The number of hydrogen-bond acceptors (Lipinski definition) is 3. The van der Waals surface area contributed by atoms with Crippen LogP contribution in [0.3, 0.4) is 0 Å². The van der Waals surface area contributed by atoms with E-state index in [1.54, 1.807) is 6.33 Å². The average Bonchev–Trinajstić information content (AvgIpc) is 3.19. The summed E-state index contributed by atoms with van der Waals surface area (Å²) < 4.78 is 0. The van der Waals surface area contributed by atoms with Gasteiger partial charge in [-0.2, -0.15) is 0 Å². The summed E-state index contributed by atoms with van der Waals surface area (Å²) in [7, 11) is 0. The van der Waals surface area contributed by atoms with Gasteiger partial charge in [-0.25, -0.2) is 4.98 Å². The first kappa shape index (κ1) is 12.9. The molecule has 0 amide bonds. The molecule has 4 nitrogen and oxygen atoms in total. The Morgan fingerprint density at radius 3 is 2.81 bits per heavy atom. The van der Waals surface area contributed by atoms with Gasteiger partial charge in [0.25, 0.3) is 0 Å². The van der Waals surface area contributed by atoms with Crippen LogP contribution in [0.25, 0.3) is 11.3 Å². The second kappa shape index (κ2) is 5.53. The monoisotopic (exact) mass is 282 g/mol. The second-order valence-corrected chi connectivity index (χ2v) is 6.18. The quantitative estimate of drug-likeness (QED) is 0.909. The molecule has 2 fully saturated rings. The maximum absolute atomic E-state index is 4.07. The zero-order chi connectivity index (χ0) is 14.1. The predicted octanol–water partition coefficient (Wildman–Crippen LogP) is 3.12. The fraction of sp³-hybridized carbons (Fsp3) is 0.471. The Morgan fingerprint density at radius 1 is 1.10 bits per heavy atom. The molecule has 2 aliphatic rings. The zero-order valence-corrected chi connectivity index (χ0v) is 12.3. The van der Waals surface area contributed by atoms with Gasteiger partial charge in [-0.15, -0.1) is 0 Å². The van der Waals surface area contributed by atoms with Crippen LogP contribution in [0.15, 0.2) is 36.8 Å². The molecule has 3 heterocycles. The predicted molar refractivity (Wildman–Crippen MR) is 85.3 cm³/mol. The first-order chi connectivity index (χ1) is 10.4. The molecule has 2 saturated heterocycles. The second-order valence-electron chi connectivity index (χ2n) is 6.18. The number of aromatic nitrogens is 2. The highest BCUT2D eigenvalue weighted by atomic mass is 15.2. The van der Waals surface area contributed by atoms with E-state index >= 15 is 0 Å². The highest BCUT2D eigenvalue weighted by Gasteiger charge is 2.35. The third-order valence-electron chi connectivity index (χ3n) is 4.90. The van der Waals surface area contributed by atoms with E-state index in [0.717, 1.165) is 11.7 Å². The maximum Gasteiger partial charge on any atom is 0.0924 e. The molecule has 0 saturated carbocycles. The number of imidazole rings is 1. The van der Waals surface area contributed by atoms with Crippen molar-refractivity contribution in [3.05, 3.63) is 36.8 Å². The molecule has 0 bridgehead atoms. The van der Waals surface area contributed by atoms with Crippen LogP contribution < -0.4 is 5.32 Å². The van der Waals surface area contributed by atoms with Crippen molar-refractivity contribution in [1.82, 2.24) is 14.9 Å². The number of benzene rings is 1. The molecule has 2 N–H and O–H groups in total. The largest absolute Gasteiger partial charge is 0.381 e. The van der Waals surface area contributed by atoms with E-state index in [1.807, 2.05) is 6.20 Å². The fourth-order valence-electron chi connectivity index (χ4n) is 3.79. The minimum Gasteiger partial charge on any atom is -0.381 e. The van der Waals surface area contributed by atoms with Crippen molar-refractivity contribution in [3.8, 4) is 11.3 Å². The molecular formula is C17H22N4. The van der Waals surface area contributed by atoms with Gasteiger partial charge in [0, 0.05) is 24.3 Å². The number of hydrogen-bond donors (Lipinski definition) is 2. The molecule has 110 valence electrons. The summed E-state index contributed by atoms with van der Waals surface area (Å²) in [4.78, 5) is 9.88. The number of piperidine rings is 1. The number of anilines is 1. The van der Waals surface area contributed by atoms with E-state index in [-0.39, 0.29) is 0 Å². The molecule has 0 radical (unpaired) electrons. The first-order valence-corrected chi connectivity index (χ1v) is 7.99. The highest BCUT2D eigenvalue weighted by molar-refractivity contribution is 5.62. The number of nitrogens with zero attached hydrogens (tertiary/aromatic N) is 2. The third kappa shape index (κ3) is 2.56. The van der Waals surface area contributed by atoms with Gasteiger partial charge in [0.2, 0.25) is 0 Å². The van der Waals surface area contributed by atoms with Crippen molar-refractivity contribution < 1.29 is 0 Å². The normalized spacial score (nSPS) is 25.7. The Labute approximate surface area is 125 Å². The van der Waals surface area contributed by atoms with Crippen molar-refractivity contribution in [2.45, 2.75) is 37.8 Å². The Bertz CT molecular complexity index is 575. The molecule has 4 rings (SSSR count). The highest BCUT2D eigenvalue weighted by Crippen LogP contribution is 2.29. The van der Waals surface area contributed by atoms with Crippen molar-refractivity contribution in [3.63, 3.8) is 0 Å². The van der Waals surface area contributed by atoms with Crippen molar-refractivity contribution in [1.29, 1.82) is 0 Å². The van der Waals surface area contributed by atoms with E-state index in [4.69, 9.17) is 0 Å². The minimum atomic E-state index is 0.614. The van der Waals surface area contributed by atoms with Crippen LogP contribution >= 0.6 is 0 Å². The molecule has 0 aliphatic carbocycles. The Hall–Kier alpha value is -1.81. The fourth-order valence-corrected chi connectivity index (χ4v) is 3.79. The van der Waals surface area contributed by atoms with Crippen LogP contribution in [0.2, 0.25) is 0 Å². The van der Waals surface area contributed by atoms with Gasteiger partial charge in [-0.3, -0.25) is 4.90 Å². The van der Waals surface area contributed by atoms with E-state index in [2.05, 4.69) is 44.5 Å². The van der Waals surface area contributed by atoms with Crippen molar-refractivity contribution >= 4 is 5.69 Å². The molecule has 1 aromatic heterocycles. The van der Waals surface area contributed by atoms with Gasteiger partial charge in [-0.05, 0) is 43.5 Å². The lowest BCUT2D eigenvalue weighted by Crippen LogP contribution is -2.41. The van der Waals surface area contributed by atoms with Crippen molar-refractivity contribution in [2.24, 2.45) is 0 Å². The maximum atomic E-state index is 4.07. The number of nitrogens with one attached hydrogen (secondary N) is 2. The first-order valence-electron chi connectivity index (χ1n) is 7.99. The van der Waals surface area contributed by atoms with E-state index < -0.39 is 0 Å². The van der Waals surface area contributed by atoms with Gasteiger partial charge in [0.05, 0.1) is 18.2 Å². The van der Waals surface area contributed by atoms with Crippen LogP contribution in [0.1, 0.15) is 25.7 Å². The molecule has 2 atom stereocenters. The van der Waals surface area contributed by atoms with Crippen LogP contribution in [0, 0.1) is 0 Å². The summed E-state index contributed by atoms with van der Waals surface area (Å²) in [6.45, 7) is 2.55. The Kier molecular flexibility index (Phi) is 3.39. The summed E-state index contributed by atoms with van der Waals surface area (Å²) in [5.74, 6) is 0. The topological polar surface area (TPSA) is 44.0 Å². The van der Waals surface area contributed by atoms with Gasteiger partial charge in [-0.1, -0.05) is 18.6 Å². The van der Waals surface area contributed by atoms with Crippen LogP contribution in [0.5, 0.6) is 0 Å². The average molecular weight is 282 g/mol.